The van der Waals surface area contributed by atoms with Crippen LogP contribution in [0.1, 0.15) is 6.42 Å². The predicted octanol–water partition coefficient (Wildman–Crippen LogP) is 0.630. The molecule has 82 valence electrons. The molecule has 0 aliphatic heterocycles. The molecule has 1 aromatic rings. The molecule has 0 amide bonds. The van der Waals surface area contributed by atoms with Gasteiger partial charge in [-0.15, -0.1) is 0 Å². The second-order valence-electron chi connectivity index (χ2n) is 3.08. The molecule has 0 radical (unpaired) electrons. The number of hydrogen-bond donors (Lipinski definition) is 2. The number of rotatable bonds is 5. The van der Waals surface area contributed by atoms with E-state index in [1.807, 2.05) is 0 Å². The first kappa shape index (κ1) is 12.0. The molecule has 2 unspecified atom stereocenters. The Hall–Kier alpha value is -1.04. The number of aliphatic hydroxyl groups excluding tert-OH is 1. The Morgan fingerprint density at radius 1 is 1.40 bits per heavy atom. The van der Waals surface area contributed by atoms with Crippen LogP contribution in [0.3, 0.4) is 0 Å². The minimum Gasteiger partial charge on any atom is -0.611 e. The van der Waals surface area contributed by atoms with Gasteiger partial charge in [0.15, 0.2) is 4.90 Å². The quantitative estimate of drug-likeness (QED) is 0.724. The number of benzene rings is 1. The Bertz CT molecular complexity index is 314. The van der Waals surface area contributed by atoms with Crippen molar-refractivity contribution in [2.24, 2.45) is 0 Å². The maximum Gasteiger partial charge on any atom is 0.306 e. The fraction of sp³-hybridized carbons (Fsp3) is 0.300. The standard InChI is InChI=1S/C10H12O4S/c11-8(6-10(12)13)7-15(14)9-4-2-1-3-5-9/h1-5,8,11H,6-7H2,(H,12,13). The average molecular weight is 228 g/mol. The molecule has 0 saturated carbocycles. The summed E-state index contributed by atoms with van der Waals surface area (Å²) in [5.41, 5.74) is 0. The fourth-order valence-electron chi connectivity index (χ4n) is 1.10. The van der Waals surface area contributed by atoms with Crippen LogP contribution < -0.4 is 0 Å². The molecule has 0 heterocycles. The van der Waals surface area contributed by atoms with E-state index in [1.54, 1.807) is 30.3 Å². The molecule has 5 heteroatoms. The van der Waals surface area contributed by atoms with Gasteiger partial charge in [0, 0.05) is 0 Å². The van der Waals surface area contributed by atoms with E-state index in [4.69, 9.17) is 5.11 Å². The minimum atomic E-state index is -1.34. The van der Waals surface area contributed by atoms with Gasteiger partial charge in [-0.05, 0) is 23.3 Å². The Balaban J connectivity index is 2.49. The maximum absolute atomic E-state index is 11.6. The van der Waals surface area contributed by atoms with Gasteiger partial charge >= 0.3 is 5.97 Å². The van der Waals surface area contributed by atoms with Gasteiger partial charge in [-0.2, -0.15) is 0 Å². The number of aliphatic hydroxyl groups is 1. The molecule has 0 saturated heterocycles. The maximum atomic E-state index is 11.6. The van der Waals surface area contributed by atoms with E-state index >= 15 is 0 Å². The van der Waals surface area contributed by atoms with E-state index in [-0.39, 0.29) is 12.2 Å². The highest BCUT2D eigenvalue weighted by molar-refractivity contribution is 7.91. The van der Waals surface area contributed by atoms with Gasteiger partial charge in [0.25, 0.3) is 0 Å². The largest absolute Gasteiger partial charge is 0.611 e. The van der Waals surface area contributed by atoms with Crippen LogP contribution >= 0.6 is 0 Å². The van der Waals surface area contributed by atoms with E-state index in [0.717, 1.165) is 0 Å². The summed E-state index contributed by atoms with van der Waals surface area (Å²) in [5.74, 6) is -1.14. The van der Waals surface area contributed by atoms with Gasteiger partial charge in [-0.1, -0.05) is 18.2 Å². The average Bonchev–Trinajstić information content (AvgIpc) is 2.17. The number of aliphatic carboxylic acids is 1. The van der Waals surface area contributed by atoms with Crippen molar-refractivity contribution in [3.05, 3.63) is 30.3 Å². The molecule has 0 spiro atoms. The summed E-state index contributed by atoms with van der Waals surface area (Å²) in [4.78, 5) is 10.9. The lowest BCUT2D eigenvalue weighted by Gasteiger charge is -2.13. The molecular formula is C10H12O4S. The van der Waals surface area contributed by atoms with Crippen molar-refractivity contribution in [2.45, 2.75) is 17.4 Å². The summed E-state index contributed by atoms with van der Waals surface area (Å²) in [5, 5.41) is 17.7. The van der Waals surface area contributed by atoms with E-state index in [9.17, 15) is 14.5 Å². The number of hydrogen-bond acceptors (Lipinski definition) is 3. The third kappa shape index (κ3) is 4.33. The SMILES string of the molecule is O=C(O)CC(O)C[S+]([O-])c1ccccc1. The van der Waals surface area contributed by atoms with Crippen LogP contribution in [0.5, 0.6) is 0 Å². The third-order valence-corrected chi connectivity index (χ3v) is 3.25. The zero-order chi connectivity index (χ0) is 11.3. The highest BCUT2D eigenvalue weighted by Gasteiger charge is 2.18. The Labute approximate surface area is 90.7 Å². The molecule has 0 aliphatic carbocycles. The minimum absolute atomic E-state index is 0.0453. The molecule has 1 aromatic carbocycles. The van der Waals surface area contributed by atoms with Crippen LogP contribution in [0.4, 0.5) is 0 Å². The van der Waals surface area contributed by atoms with Crippen LogP contribution in [0, 0.1) is 0 Å². The van der Waals surface area contributed by atoms with Crippen molar-refractivity contribution >= 4 is 17.1 Å². The molecule has 2 atom stereocenters. The molecular weight excluding hydrogens is 216 g/mol. The molecule has 0 aliphatic rings. The second-order valence-corrected chi connectivity index (χ2v) is 4.57. The summed E-state index contributed by atoms with van der Waals surface area (Å²) in [6.45, 7) is 0. The molecule has 2 N–H and O–H groups in total. The van der Waals surface area contributed by atoms with Gasteiger partial charge in [0.2, 0.25) is 0 Å². The lowest BCUT2D eigenvalue weighted by molar-refractivity contribution is -0.138. The van der Waals surface area contributed by atoms with Gasteiger partial charge < -0.3 is 14.8 Å². The first-order chi connectivity index (χ1) is 7.09. The number of carboxylic acids is 1. The Morgan fingerprint density at radius 3 is 2.53 bits per heavy atom. The molecule has 0 bridgehead atoms. The monoisotopic (exact) mass is 228 g/mol. The zero-order valence-electron chi connectivity index (χ0n) is 8.00. The van der Waals surface area contributed by atoms with E-state index in [1.165, 1.54) is 0 Å². The van der Waals surface area contributed by atoms with Crippen molar-refractivity contribution in [1.82, 2.24) is 0 Å². The van der Waals surface area contributed by atoms with Gasteiger partial charge in [-0.25, -0.2) is 0 Å². The van der Waals surface area contributed by atoms with Crippen molar-refractivity contribution in [3.63, 3.8) is 0 Å². The first-order valence-electron chi connectivity index (χ1n) is 4.43. The summed E-state index contributed by atoms with van der Waals surface area (Å²) in [7, 11) is 0. The van der Waals surface area contributed by atoms with Crippen LogP contribution in [0.2, 0.25) is 0 Å². The second kappa shape index (κ2) is 5.75. The van der Waals surface area contributed by atoms with E-state index in [0.29, 0.717) is 4.90 Å². The molecule has 0 fully saturated rings. The highest BCUT2D eigenvalue weighted by Crippen LogP contribution is 2.12. The van der Waals surface area contributed by atoms with E-state index in [2.05, 4.69) is 0 Å². The first-order valence-corrected chi connectivity index (χ1v) is 5.75. The number of carboxylic acid groups (broad SMARTS) is 1. The van der Waals surface area contributed by atoms with Gasteiger partial charge in [0.05, 0.1) is 6.42 Å². The van der Waals surface area contributed by atoms with Crippen LogP contribution in [0.15, 0.2) is 35.2 Å². The lowest BCUT2D eigenvalue weighted by Crippen LogP contribution is -2.23. The highest BCUT2D eigenvalue weighted by atomic mass is 32.2. The van der Waals surface area contributed by atoms with Crippen molar-refractivity contribution in [3.8, 4) is 0 Å². The topological polar surface area (TPSA) is 80.6 Å². The summed E-state index contributed by atoms with van der Waals surface area (Å²) >= 11 is -1.34. The summed E-state index contributed by atoms with van der Waals surface area (Å²) in [6.07, 6.45) is -1.44. The van der Waals surface area contributed by atoms with Crippen LogP contribution in [-0.2, 0) is 16.0 Å². The Kier molecular flexibility index (Phi) is 4.61. The number of carbonyl (C=O) groups is 1. The molecule has 15 heavy (non-hydrogen) atoms. The lowest BCUT2D eigenvalue weighted by atomic mass is 10.3. The molecule has 1 rings (SSSR count). The van der Waals surface area contributed by atoms with Gasteiger partial charge in [0.1, 0.15) is 11.9 Å². The molecule has 4 nitrogen and oxygen atoms in total. The van der Waals surface area contributed by atoms with Crippen LogP contribution in [0.25, 0.3) is 0 Å². The molecule has 0 aromatic heterocycles. The normalized spacial score (nSPS) is 14.5. The zero-order valence-corrected chi connectivity index (χ0v) is 8.81. The summed E-state index contributed by atoms with van der Waals surface area (Å²) in [6, 6.07) is 8.66. The smallest absolute Gasteiger partial charge is 0.306 e. The van der Waals surface area contributed by atoms with E-state index < -0.39 is 23.2 Å². The van der Waals surface area contributed by atoms with Crippen molar-refractivity contribution < 1.29 is 19.6 Å². The summed E-state index contributed by atoms with van der Waals surface area (Å²) < 4.78 is 11.6. The Morgan fingerprint density at radius 2 is 2.00 bits per heavy atom. The van der Waals surface area contributed by atoms with Crippen molar-refractivity contribution in [2.75, 3.05) is 5.75 Å². The fourth-order valence-corrected chi connectivity index (χ4v) is 2.22. The van der Waals surface area contributed by atoms with Crippen LogP contribution in [-0.4, -0.2) is 32.6 Å². The third-order valence-electron chi connectivity index (χ3n) is 1.76. The van der Waals surface area contributed by atoms with Gasteiger partial charge in [-0.3, -0.25) is 4.79 Å². The van der Waals surface area contributed by atoms with Crippen molar-refractivity contribution in [1.29, 1.82) is 0 Å². The predicted molar refractivity (Wildman–Crippen MR) is 56.0 cm³/mol.